The maximum atomic E-state index is 13.1. The Bertz CT molecular complexity index is 693. The highest BCUT2D eigenvalue weighted by Crippen LogP contribution is 2.28. The van der Waals surface area contributed by atoms with Gasteiger partial charge in [0.2, 0.25) is 5.91 Å². The summed E-state index contributed by atoms with van der Waals surface area (Å²) in [7, 11) is 0. The van der Waals surface area contributed by atoms with Crippen LogP contribution in [-0.4, -0.2) is 35.0 Å². The van der Waals surface area contributed by atoms with Crippen molar-refractivity contribution >= 4 is 17.7 Å². The van der Waals surface area contributed by atoms with Crippen LogP contribution < -0.4 is 10.6 Å². The minimum Gasteiger partial charge on any atom is -0.350 e. The lowest BCUT2D eigenvalue weighted by Crippen LogP contribution is -2.54. The first-order chi connectivity index (χ1) is 11.7. The molecule has 1 aromatic carbocycles. The maximum absolute atomic E-state index is 13.1. The van der Waals surface area contributed by atoms with Crippen molar-refractivity contribution in [2.24, 2.45) is 0 Å². The highest BCUT2D eigenvalue weighted by atomic mass is 32.2. The summed E-state index contributed by atoms with van der Waals surface area (Å²) >= 11 is 1.71. The van der Waals surface area contributed by atoms with Crippen molar-refractivity contribution < 1.29 is 4.79 Å². The lowest BCUT2D eigenvalue weighted by molar-refractivity contribution is -0.132. The van der Waals surface area contributed by atoms with Crippen LogP contribution in [0.2, 0.25) is 0 Å². The summed E-state index contributed by atoms with van der Waals surface area (Å²) in [5, 5.41) is 10.8. The molecule has 128 valence electrons. The average Bonchev–Trinajstić information content (AvgIpc) is 3.16. The number of nitrogens with one attached hydrogen (secondary N) is 2. The number of aromatic nitrogens is 2. The van der Waals surface area contributed by atoms with E-state index in [1.54, 1.807) is 18.0 Å². The van der Waals surface area contributed by atoms with Crippen molar-refractivity contribution in [2.75, 3.05) is 19.3 Å². The van der Waals surface area contributed by atoms with E-state index in [4.69, 9.17) is 0 Å². The monoisotopic (exact) mass is 344 g/mol. The van der Waals surface area contributed by atoms with Crippen molar-refractivity contribution in [3.05, 3.63) is 47.8 Å². The first kappa shape index (κ1) is 17.0. The van der Waals surface area contributed by atoms with Crippen LogP contribution in [0.25, 0.3) is 0 Å². The third-order valence-electron chi connectivity index (χ3n) is 4.68. The molecule has 2 heterocycles. The molecule has 0 spiro atoms. The molecule has 0 atom stereocenters. The second-order valence-electron chi connectivity index (χ2n) is 6.23. The number of carbonyl (C=O) groups excluding carboxylic acids is 1. The molecule has 1 amide bonds. The Hall–Kier alpha value is -1.79. The number of hydrogen-bond acceptors (Lipinski definition) is 4. The van der Waals surface area contributed by atoms with Crippen LogP contribution in [0.3, 0.4) is 0 Å². The van der Waals surface area contributed by atoms with E-state index in [-0.39, 0.29) is 5.91 Å². The minimum atomic E-state index is -0.584. The normalized spacial score (nSPS) is 16.8. The van der Waals surface area contributed by atoms with Gasteiger partial charge in [0.05, 0.1) is 0 Å². The Morgan fingerprint density at radius 1 is 1.42 bits per heavy atom. The summed E-state index contributed by atoms with van der Waals surface area (Å²) in [4.78, 5) is 14.3. The largest absolute Gasteiger partial charge is 0.350 e. The third kappa shape index (κ3) is 3.35. The highest BCUT2D eigenvalue weighted by Gasteiger charge is 2.41. The zero-order valence-corrected chi connectivity index (χ0v) is 15.0. The zero-order valence-electron chi connectivity index (χ0n) is 14.2. The van der Waals surface area contributed by atoms with E-state index in [2.05, 4.69) is 47.1 Å². The molecule has 1 aliphatic heterocycles. The molecule has 1 saturated heterocycles. The molecule has 2 N–H and O–H groups in total. The molecule has 1 aliphatic rings. The Morgan fingerprint density at radius 3 is 2.88 bits per heavy atom. The molecule has 2 aromatic rings. The fraction of sp³-hybridized carbons (Fsp3) is 0.444. The van der Waals surface area contributed by atoms with E-state index in [0.29, 0.717) is 6.54 Å². The molecule has 3 rings (SSSR count). The first-order valence-corrected chi connectivity index (χ1v) is 9.51. The summed E-state index contributed by atoms with van der Waals surface area (Å²) in [6.45, 7) is 4.29. The Morgan fingerprint density at radius 2 is 2.21 bits per heavy atom. The standard InChI is InChI=1S/C18H24N4OS/c1-14-4-5-15(16(12-14)24-2)13-20-17(23)18(6-9-19-10-7-18)22-11-3-8-21-22/h3-5,8,11-12,19H,6-7,9-10,13H2,1-2H3,(H,20,23). The fourth-order valence-electron chi connectivity index (χ4n) is 3.26. The van der Waals surface area contributed by atoms with Gasteiger partial charge in [-0.1, -0.05) is 12.1 Å². The van der Waals surface area contributed by atoms with Gasteiger partial charge in [-0.2, -0.15) is 5.10 Å². The number of carbonyl (C=O) groups is 1. The summed E-state index contributed by atoms with van der Waals surface area (Å²) in [6.07, 6.45) is 7.21. The maximum Gasteiger partial charge on any atom is 0.248 e. The van der Waals surface area contributed by atoms with Gasteiger partial charge in [-0.25, -0.2) is 0 Å². The van der Waals surface area contributed by atoms with Gasteiger partial charge in [0, 0.05) is 23.8 Å². The van der Waals surface area contributed by atoms with Crippen molar-refractivity contribution in [1.29, 1.82) is 0 Å². The SMILES string of the molecule is CSc1cc(C)ccc1CNC(=O)C1(n2cccn2)CCNCC1. The van der Waals surface area contributed by atoms with E-state index in [1.165, 1.54) is 10.5 Å². The molecule has 1 aromatic heterocycles. The number of hydrogen-bond donors (Lipinski definition) is 2. The fourth-order valence-corrected chi connectivity index (χ4v) is 3.97. The number of rotatable bonds is 5. The van der Waals surface area contributed by atoms with Gasteiger partial charge in [0.1, 0.15) is 5.54 Å². The first-order valence-electron chi connectivity index (χ1n) is 8.28. The second kappa shape index (κ2) is 7.40. The van der Waals surface area contributed by atoms with Crippen LogP contribution in [0.4, 0.5) is 0 Å². The van der Waals surface area contributed by atoms with Crippen molar-refractivity contribution in [1.82, 2.24) is 20.4 Å². The lowest BCUT2D eigenvalue weighted by Gasteiger charge is -2.36. The van der Waals surface area contributed by atoms with Crippen molar-refractivity contribution in [3.8, 4) is 0 Å². The smallest absolute Gasteiger partial charge is 0.248 e. The summed E-state index contributed by atoms with van der Waals surface area (Å²) < 4.78 is 1.83. The summed E-state index contributed by atoms with van der Waals surface area (Å²) in [6, 6.07) is 8.24. The quantitative estimate of drug-likeness (QED) is 0.817. The van der Waals surface area contributed by atoms with E-state index < -0.39 is 5.54 Å². The molecule has 24 heavy (non-hydrogen) atoms. The molecule has 5 nitrogen and oxygen atoms in total. The molecular formula is C18H24N4OS. The van der Waals surface area contributed by atoms with Crippen LogP contribution in [0, 0.1) is 6.92 Å². The Labute approximate surface area is 147 Å². The number of thioether (sulfide) groups is 1. The molecule has 1 fully saturated rings. The topological polar surface area (TPSA) is 59.0 Å². The van der Waals surface area contributed by atoms with E-state index in [0.717, 1.165) is 31.5 Å². The van der Waals surface area contributed by atoms with Gasteiger partial charge in [-0.3, -0.25) is 9.48 Å². The molecule has 0 aliphatic carbocycles. The van der Waals surface area contributed by atoms with Crippen molar-refractivity contribution in [2.45, 2.75) is 36.7 Å². The summed E-state index contributed by atoms with van der Waals surface area (Å²) in [5.74, 6) is 0.0559. The van der Waals surface area contributed by atoms with Crippen LogP contribution in [0.1, 0.15) is 24.0 Å². The van der Waals surface area contributed by atoms with Crippen LogP contribution in [-0.2, 0) is 16.9 Å². The van der Waals surface area contributed by atoms with Gasteiger partial charge in [0.25, 0.3) is 0 Å². The van der Waals surface area contributed by atoms with E-state index in [9.17, 15) is 4.79 Å². The predicted molar refractivity (Wildman–Crippen MR) is 97.1 cm³/mol. The number of aryl methyl sites for hydroxylation is 1. The van der Waals surface area contributed by atoms with E-state index in [1.807, 2.05) is 16.9 Å². The zero-order chi connectivity index (χ0) is 17.0. The van der Waals surface area contributed by atoms with Crippen molar-refractivity contribution in [3.63, 3.8) is 0 Å². The molecule has 0 saturated carbocycles. The predicted octanol–water partition coefficient (Wildman–Crippen LogP) is 2.31. The number of nitrogens with zero attached hydrogens (tertiary/aromatic N) is 2. The molecule has 6 heteroatoms. The van der Waals surface area contributed by atoms with Crippen LogP contribution in [0.15, 0.2) is 41.6 Å². The van der Waals surface area contributed by atoms with E-state index >= 15 is 0 Å². The second-order valence-corrected chi connectivity index (χ2v) is 7.08. The van der Waals surface area contributed by atoms with Gasteiger partial charge >= 0.3 is 0 Å². The average molecular weight is 344 g/mol. The Balaban J connectivity index is 1.77. The lowest BCUT2D eigenvalue weighted by atomic mass is 9.87. The molecule has 0 bridgehead atoms. The number of piperidine rings is 1. The van der Waals surface area contributed by atoms with Crippen LogP contribution >= 0.6 is 11.8 Å². The van der Waals surface area contributed by atoms with Gasteiger partial charge in [-0.15, -0.1) is 11.8 Å². The van der Waals surface area contributed by atoms with Gasteiger partial charge in [0.15, 0.2) is 0 Å². The summed E-state index contributed by atoms with van der Waals surface area (Å²) in [5.41, 5.74) is 1.81. The molecular weight excluding hydrogens is 320 g/mol. The molecule has 0 radical (unpaired) electrons. The Kier molecular flexibility index (Phi) is 5.26. The molecule has 0 unspecified atom stereocenters. The number of benzene rings is 1. The number of amides is 1. The highest BCUT2D eigenvalue weighted by molar-refractivity contribution is 7.98. The van der Waals surface area contributed by atoms with Gasteiger partial charge < -0.3 is 10.6 Å². The van der Waals surface area contributed by atoms with Gasteiger partial charge in [-0.05, 0) is 62.4 Å². The van der Waals surface area contributed by atoms with Crippen LogP contribution in [0.5, 0.6) is 0 Å². The minimum absolute atomic E-state index is 0.0559. The third-order valence-corrected chi connectivity index (χ3v) is 5.50.